The average molecular weight is 218 g/mol. The molecule has 1 aliphatic carbocycles. The fourth-order valence-corrected chi connectivity index (χ4v) is 1.88. The second-order valence-electron chi connectivity index (χ2n) is 4.77. The molecular formula is C11H14N4O. The molecule has 0 atom stereocenters. The monoisotopic (exact) mass is 218 g/mol. The van der Waals surface area contributed by atoms with Crippen LogP contribution in [0.25, 0.3) is 0 Å². The van der Waals surface area contributed by atoms with E-state index in [1.807, 2.05) is 0 Å². The van der Waals surface area contributed by atoms with Gasteiger partial charge >= 0.3 is 0 Å². The summed E-state index contributed by atoms with van der Waals surface area (Å²) < 4.78 is 0. The summed E-state index contributed by atoms with van der Waals surface area (Å²) in [6, 6.07) is 0. The van der Waals surface area contributed by atoms with Crippen LogP contribution in [0.4, 0.5) is 5.95 Å². The van der Waals surface area contributed by atoms with Gasteiger partial charge in [-0.3, -0.25) is 4.79 Å². The van der Waals surface area contributed by atoms with E-state index in [4.69, 9.17) is 0 Å². The molecule has 5 nitrogen and oxygen atoms in total. The molecule has 0 amide bonds. The van der Waals surface area contributed by atoms with Gasteiger partial charge in [0.1, 0.15) is 6.33 Å². The van der Waals surface area contributed by atoms with Crippen LogP contribution >= 0.6 is 0 Å². The molecule has 0 aliphatic heterocycles. The summed E-state index contributed by atoms with van der Waals surface area (Å²) >= 11 is 0. The molecule has 1 N–H and O–H groups in total. The predicted octanol–water partition coefficient (Wildman–Crippen LogP) is 1.82. The third kappa shape index (κ3) is 2.62. The lowest BCUT2D eigenvalue weighted by Gasteiger charge is -2.27. The van der Waals surface area contributed by atoms with Crippen LogP contribution in [-0.4, -0.2) is 27.2 Å². The summed E-state index contributed by atoms with van der Waals surface area (Å²) in [6.07, 6.45) is 6.20. The van der Waals surface area contributed by atoms with Crippen LogP contribution in [0.3, 0.4) is 0 Å². The van der Waals surface area contributed by atoms with Gasteiger partial charge < -0.3 is 0 Å². The van der Waals surface area contributed by atoms with Crippen molar-refractivity contribution < 1.29 is 4.79 Å². The van der Waals surface area contributed by atoms with Crippen LogP contribution in [0.5, 0.6) is 0 Å². The minimum atomic E-state index is 0.0224. The zero-order valence-corrected chi connectivity index (χ0v) is 9.40. The van der Waals surface area contributed by atoms with Gasteiger partial charge in [0.15, 0.2) is 5.78 Å². The average Bonchev–Trinajstić information content (AvgIpc) is 2.63. The number of aliphatic imine (C=N–C) groups is 1. The number of allylic oxidation sites excluding steroid dienone is 2. The van der Waals surface area contributed by atoms with E-state index in [1.54, 1.807) is 12.3 Å². The van der Waals surface area contributed by atoms with Crippen molar-refractivity contribution in [2.75, 3.05) is 0 Å². The second kappa shape index (κ2) is 4.00. The molecule has 0 spiro atoms. The van der Waals surface area contributed by atoms with Crippen LogP contribution in [0, 0.1) is 5.41 Å². The molecule has 0 unspecified atom stereocenters. The number of nitrogens with zero attached hydrogens (tertiary/aromatic N) is 3. The zero-order chi connectivity index (χ0) is 11.6. The van der Waals surface area contributed by atoms with E-state index in [0.29, 0.717) is 12.4 Å². The molecule has 0 saturated heterocycles. The van der Waals surface area contributed by atoms with Gasteiger partial charge in [-0.1, -0.05) is 13.8 Å². The largest absolute Gasteiger partial charge is 0.295 e. The minimum Gasteiger partial charge on any atom is -0.295 e. The predicted molar refractivity (Wildman–Crippen MR) is 60.6 cm³/mol. The highest BCUT2D eigenvalue weighted by Crippen LogP contribution is 2.32. The van der Waals surface area contributed by atoms with Crippen molar-refractivity contribution in [3.8, 4) is 0 Å². The maximum atomic E-state index is 11.5. The van der Waals surface area contributed by atoms with Gasteiger partial charge in [0.25, 0.3) is 0 Å². The van der Waals surface area contributed by atoms with Crippen LogP contribution in [0.2, 0.25) is 0 Å². The first-order valence-corrected chi connectivity index (χ1v) is 5.18. The molecule has 16 heavy (non-hydrogen) atoms. The summed E-state index contributed by atoms with van der Waals surface area (Å²) in [6.45, 7) is 4.17. The van der Waals surface area contributed by atoms with Crippen molar-refractivity contribution >= 4 is 17.9 Å². The number of aromatic amines is 1. The number of hydrogen-bond donors (Lipinski definition) is 1. The molecule has 84 valence electrons. The lowest BCUT2D eigenvalue weighted by molar-refractivity contribution is -0.116. The topological polar surface area (TPSA) is 71.0 Å². The van der Waals surface area contributed by atoms with Crippen LogP contribution in [0.15, 0.2) is 23.0 Å². The third-order valence-electron chi connectivity index (χ3n) is 2.44. The first-order valence-electron chi connectivity index (χ1n) is 5.18. The highest BCUT2D eigenvalue weighted by atomic mass is 16.1. The van der Waals surface area contributed by atoms with Crippen LogP contribution in [-0.2, 0) is 4.79 Å². The Morgan fingerprint density at radius 2 is 2.31 bits per heavy atom. The molecule has 1 aromatic rings. The van der Waals surface area contributed by atoms with Gasteiger partial charge in [-0.15, -0.1) is 0 Å². The number of rotatable bonds is 2. The van der Waals surface area contributed by atoms with E-state index in [9.17, 15) is 4.79 Å². The highest BCUT2D eigenvalue weighted by Gasteiger charge is 2.26. The first-order chi connectivity index (χ1) is 7.55. The first kappa shape index (κ1) is 10.7. The van der Waals surface area contributed by atoms with Gasteiger partial charge in [0, 0.05) is 12.6 Å². The summed E-state index contributed by atoms with van der Waals surface area (Å²) in [5.41, 5.74) is 0.965. The lowest BCUT2D eigenvalue weighted by atomic mass is 9.77. The van der Waals surface area contributed by atoms with E-state index in [-0.39, 0.29) is 11.2 Å². The number of hydrogen-bond acceptors (Lipinski definition) is 4. The van der Waals surface area contributed by atoms with E-state index >= 15 is 0 Å². The van der Waals surface area contributed by atoms with E-state index in [1.165, 1.54) is 6.33 Å². The maximum Gasteiger partial charge on any atom is 0.245 e. The number of carbonyl (C=O) groups is 1. The maximum absolute atomic E-state index is 11.5. The lowest BCUT2D eigenvalue weighted by Crippen LogP contribution is -2.22. The van der Waals surface area contributed by atoms with Gasteiger partial charge in [0.05, 0.1) is 0 Å². The molecule has 1 aliphatic rings. The molecule has 0 saturated carbocycles. The van der Waals surface area contributed by atoms with E-state index < -0.39 is 0 Å². The summed E-state index contributed by atoms with van der Waals surface area (Å²) in [5.74, 6) is 0.618. The number of aromatic nitrogens is 3. The van der Waals surface area contributed by atoms with Crippen molar-refractivity contribution in [1.29, 1.82) is 0 Å². The molecule has 1 heterocycles. The van der Waals surface area contributed by atoms with Gasteiger partial charge in [-0.25, -0.2) is 10.1 Å². The van der Waals surface area contributed by atoms with Crippen molar-refractivity contribution in [2.45, 2.75) is 26.7 Å². The van der Waals surface area contributed by atoms with Gasteiger partial charge in [-0.05, 0) is 23.5 Å². The summed E-state index contributed by atoms with van der Waals surface area (Å²) in [5, 5.41) is 6.33. The Labute approximate surface area is 93.7 Å². The van der Waals surface area contributed by atoms with Crippen LogP contribution < -0.4 is 0 Å². The Morgan fingerprint density at radius 1 is 1.50 bits per heavy atom. The SMILES string of the molecule is CC1(C)CC(=O)C=C(C=Nc2ncn[nH]2)C1. The molecular weight excluding hydrogens is 204 g/mol. The second-order valence-corrected chi connectivity index (χ2v) is 4.77. The summed E-state index contributed by atoms with van der Waals surface area (Å²) in [7, 11) is 0. The fourth-order valence-electron chi connectivity index (χ4n) is 1.88. The van der Waals surface area contributed by atoms with Gasteiger partial charge in [-0.2, -0.15) is 10.1 Å². The number of H-pyrrole nitrogens is 1. The smallest absolute Gasteiger partial charge is 0.245 e. The Morgan fingerprint density at radius 3 is 2.94 bits per heavy atom. The Hall–Kier alpha value is -1.78. The van der Waals surface area contributed by atoms with Crippen LogP contribution in [0.1, 0.15) is 26.7 Å². The molecule has 1 aromatic heterocycles. The van der Waals surface area contributed by atoms with Crippen molar-refractivity contribution in [3.63, 3.8) is 0 Å². The third-order valence-corrected chi connectivity index (χ3v) is 2.44. The van der Waals surface area contributed by atoms with Crippen molar-refractivity contribution in [2.24, 2.45) is 10.4 Å². The molecule has 0 fully saturated rings. The van der Waals surface area contributed by atoms with Crippen molar-refractivity contribution in [1.82, 2.24) is 15.2 Å². The minimum absolute atomic E-state index is 0.0224. The molecule has 2 rings (SSSR count). The molecule has 0 bridgehead atoms. The van der Waals surface area contributed by atoms with Crippen molar-refractivity contribution in [3.05, 3.63) is 18.0 Å². The Balaban J connectivity index is 2.13. The normalized spacial score (nSPS) is 20.1. The van der Waals surface area contributed by atoms with E-state index in [0.717, 1.165) is 12.0 Å². The molecule has 0 aromatic carbocycles. The summed E-state index contributed by atoms with van der Waals surface area (Å²) in [4.78, 5) is 19.5. The number of carbonyl (C=O) groups excluding carboxylic acids is 1. The Bertz CT molecular complexity index is 443. The van der Waals surface area contributed by atoms with Gasteiger partial charge in [0.2, 0.25) is 5.95 Å². The zero-order valence-electron chi connectivity index (χ0n) is 9.40. The quantitative estimate of drug-likeness (QED) is 0.769. The molecule has 5 heteroatoms. The standard InChI is InChI=1S/C11H14N4O/c1-11(2)4-8(3-9(16)5-11)6-12-10-13-7-14-15-10/h3,6-7H,4-5H2,1-2H3,(H,13,14,15). The number of nitrogens with one attached hydrogen (secondary N) is 1. The number of ketones is 1. The highest BCUT2D eigenvalue weighted by molar-refractivity contribution is 5.98. The fraction of sp³-hybridized carbons (Fsp3) is 0.455. The molecule has 0 radical (unpaired) electrons. The van der Waals surface area contributed by atoms with E-state index in [2.05, 4.69) is 34.0 Å². The Kier molecular flexibility index (Phi) is 2.68.